The lowest BCUT2D eigenvalue weighted by Gasteiger charge is -2.39. The van der Waals surface area contributed by atoms with E-state index in [1.807, 2.05) is 24.3 Å². The van der Waals surface area contributed by atoms with E-state index in [2.05, 4.69) is 28.2 Å². The second kappa shape index (κ2) is 3.31. The third-order valence-electron chi connectivity index (χ3n) is 2.16. The summed E-state index contributed by atoms with van der Waals surface area (Å²) in [6.07, 6.45) is 0. The molecule has 0 atom stereocenters. The Balaban J connectivity index is 2.09. The highest BCUT2D eigenvalue weighted by atomic mass is 79.9. The molecule has 2 rings (SSSR count). The Morgan fingerprint density at radius 1 is 1.46 bits per heavy atom. The molecule has 1 fully saturated rings. The smallest absolute Gasteiger partial charge is 0.131 e. The molecule has 70 valence electrons. The van der Waals surface area contributed by atoms with Gasteiger partial charge >= 0.3 is 0 Å². The predicted molar refractivity (Wildman–Crippen MR) is 56.0 cm³/mol. The van der Waals surface area contributed by atoms with Gasteiger partial charge in [-0.3, -0.25) is 0 Å². The van der Waals surface area contributed by atoms with Crippen molar-refractivity contribution in [1.29, 1.82) is 0 Å². The van der Waals surface area contributed by atoms with E-state index in [0.29, 0.717) is 0 Å². The number of halogens is 1. The number of hydrogen-bond donors (Lipinski definition) is 1. The molecule has 0 saturated carbocycles. The van der Waals surface area contributed by atoms with Crippen LogP contribution in [0.5, 0.6) is 5.75 Å². The summed E-state index contributed by atoms with van der Waals surface area (Å²) >= 11 is 3.41. The molecule has 1 heterocycles. The summed E-state index contributed by atoms with van der Waals surface area (Å²) in [7, 11) is 0. The Bertz CT molecular complexity index is 310. The Morgan fingerprint density at radius 3 is 2.77 bits per heavy atom. The molecule has 0 aromatic heterocycles. The van der Waals surface area contributed by atoms with Gasteiger partial charge in [-0.1, -0.05) is 22.0 Å². The Kier molecular flexibility index (Phi) is 2.30. The molecule has 0 radical (unpaired) electrons. The predicted octanol–water partition coefficient (Wildman–Crippen LogP) is 2.19. The fourth-order valence-corrected chi connectivity index (χ4v) is 1.74. The molecule has 1 saturated heterocycles. The Hall–Kier alpha value is -0.540. The van der Waals surface area contributed by atoms with Gasteiger partial charge in [0.25, 0.3) is 0 Å². The van der Waals surface area contributed by atoms with Gasteiger partial charge in [-0.25, -0.2) is 0 Å². The molecule has 0 unspecified atom stereocenters. The summed E-state index contributed by atoms with van der Waals surface area (Å²) in [5.41, 5.74) is -0.0131. The maximum Gasteiger partial charge on any atom is 0.131 e. The molecular formula is C10H12BrNO. The number of ether oxygens (including phenoxy) is 1. The van der Waals surface area contributed by atoms with Crippen molar-refractivity contribution < 1.29 is 4.74 Å². The minimum atomic E-state index is -0.0131. The number of nitrogens with one attached hydrogen (secondary N) is 1. The molecule has 1 aromatic rings. The van der Waals surface area contributed by atoms with Gasteiger partial charge in [-0.2, -0.15) is 0 Å². The van der Waals surface area contributed by atoms with Crippen molar-refractivity contribution in [2.75, 3.05) is 13.1 Å². The first-order chi connectivity index (χ1) is 6.18. The number of hydrogen-bond acceptors (Lipinski definition) is 2. The Morgan fingerprint density at radius 2 is 2.23 bits per heavy atom. The highest BCUT2D eigenvalue weighted by Gasteiger charge is 2.33. The van der Waals surface area contributed by atoms with Gasteiger partial charge in [0, 0.05) is 17.6 Å². The van der Waals surface area contributed by atoms with E-state index < -0.39 is 0 Å². The summed E-state index contributed by atoms with van der Waals surface area (Å²) < 4.78 is 6.88. The van der Waals surface area contributed by atoms with E-state index in [4.69, 9.17) is 4.74 Å². The maximum absolute atomic E-state index is 5.83. The van der Waals surface area contributed by atoms with E-state index in [9.17, 15) is 0 Å². The van der Waals surface area contributed by atoms with Crippen LogP contribution in [0.15, 0.2) is 28.7 Å². The third-order valence-corrected chi connectivity index (χ3v) is 2.65. The standard InChI is InChI=1S/C10H12BrNO/c1-10(6-12-7-10)13-9-4-2-3-8(11)5-9/h2-5,12H,6-7H2,1H3. The zero-order valence-corrected chi connectivity index (χ0v) is 9.10. The van der Waals surface area contributed by atoms with Gasteiger partial charge in [-0.05, 0) is 25.1 Å². The normalized spacial score (nSPS) is 19.2. The zero-order valence-electron chi connectivity index (χ0n) is 7.51. The first-order valence-electron chi connectivity index (χ1n) is 4.33. The molecule has 0 aliphatic carbocycles. The van der Waals surface area contributed by atoms with Crippen LogP contribution in [-0.4, -0.2) is 18.7 Å². The van der Waals surface area contributed by atoms with E-state index in [-0.39, 0.29) is 5.60 Å². The Labute approximate surface area is 86.4 Å². The first-order valence-corrected chi connectivity index (χ1v) is 5.13. The van der Waals surface area contributed by atoms with Gasteiger partial charge in [0.1, 0.15) is 11.4 Å². The van der Waals surface area contributed by atoms with Gasteiger partial charge in [0.2, 0.25) is 0 Å². The first kappa shape index (κ1) is 9.03. The monoisotopic (exact) mass is 241 g/mol. The zero-order chi connectivity index (χ0) is 9.31. The number of rotatable bonds is 2. The van der Waals surface area contributed by atoms with E-state index >= 15 is 0 Å². The number of benzene rings is 1. The molecule has 13 heavy (non-hydrogen) atoms. The van der Waals surface area contributed by atoms with Crippen molar-refractivity contribution in [1.82, 2.24) is 5.32 Å². The lowest BCUT2D eigenvalue weighted by molar-refractivity contribution is 0.0348. The van der Waals surface area contributed by atoms with Crippen LogP contribution in [0.25, 0.3) is 0 Å². The van der Waals surface area contributed by atoms with Crippen molar-refractivity contribution in [2.24, 2.45) is 0 Å². The third kappa shape index (κ3) is 2.03. The van der Waals surface area contributed by atoms with E-state index in [0.717, 1.165) is 23.3 Å². The summed E-state index contributed by atoms with van der Waals surface area (Å²) in [6.45, 7) is 3.98. The van der Waals surface area contributed by atoms with Crippen LogP contribution < -0.4 is 10.1 Å². The molecule has 1 N–H and O–H groups in total. The SMILES string of the molecule is CC1(Oc2cccc(Br)c2)CNC1. The van der Waals surface area contributed by atoms with E-state index in [1.165, 1.54) is 0 Å². The van der Waals surface area contributed by atoms with Gasteiger partial charge in [0.15, 0.2) is 0 Å². The van der Waals surface area contributed by atoms with Crippen LogP contribution in [0, 0.1) is 0 Å². The molecule has 1 aromatic carbocycles. The van der Waals surface area contributed by atoms with Crippen molar-refractivity contribution in [2.45, 2.75) is 12.5 Å². The summed E-state index contributed by atoms with van der Waals surface area (Å²) in [5, 5.41) is 3.20. The van der Waals surface area contributed by atoms with Gasteiger partial charge in [-0.15, -0.1) is 0 Å². The minimum absolute atomic E-state index is 0.0131. The van der Waals surface area contributed by atoms with Crippen molar-refractivity contribution in [3.63, 3.8) is 0 Å². The van der Waals surface area contributed by atoms with Crippen LogP contribution in [0.4, 0.5) is 0 Å². The average molecular weight is 242 g/mol. The van der Waals surface area contributed by atoms with Crippen molar-refractivity contribution in [3.05, 3.63) is 28.7 Å². The maximum atomic E-state index is 5.83. The molecule has 2 nitrogen and oxygen atoms in total. The summed E-state index contributed by atoms with van der Waals surface area (Å²) in [6, 6.07) is 7.95. The largest absolute Gasteiger partial charge is 0.485 e. The molecular weight excluding hydrogens is 230 g/mol. The van der Waals surface area contributed by atoms with Crippen molar-refractivity contribution >= 4 is 15.9 Å². The molecule has 0 spiro atoms. The van der Waals surface area contributed by atoms with Crippen LogP contribution >= 0.6 is 15.9 Å². The fraction of sp³-hybridized carbons (Fsp3) is 0.400. The summed E-state index contributed by atoms with van der Waals surface area (Å²) in [4.78, 5) is 0. The highest BCUT2D eigenvalue weighted by molar-refractivity contribution is 9.10. The second-order valence-corrected chi connectivity index (χ2v) is 4.53. The quantitative estimate of drug-likeness (QED) is 0.858. The van der Waals surface area contributed by atoms with Crippen LogP contribution in [-0.2, 0) is 0 Å². The molecule has 0 bridgehead atoms. The molecule has 3 heteroatoms. The average Bonchev–Trinajstić information content (AvgIpc) is 2.01. The minimum Gasteiger partial charge on any atom is -0.485 e. The summed E-state index contributed by atoms with van der Waals surface area (Å²) in [5.74, 6) is 0.929. The van der Waals surface area contributed by atoms with Gasteiger partial charge in [0.05, 0.1) is 0 Å². The van der Waals surface area contributed by atoms with Crippen molar-refractivity contribution in [3.8, 4) is 5.75 Å². The molecule has 1 aliphatic heterocycles. The van der Waals surface area contributed by atoms with Crippen LogP contribution in [0.1, 0.15) is 6.92 Å². The molecule has 0 amide bonds. The van der Waals surface area contributed by atoms with Crippen LogP contribution in [0.2, 0.25) is 0 Å². The lowest BCUT2D eigenvalue weighted by Crippen LogP contribution is -2.60. The lowest BCUT2D eigenvalue weighted by atomic mass is 10.00. The van der Waals surface area contributed by atoms with Crippen LogP contribution in [0.3, 0.4) is 0 Å². The molecule has 1 aliphatic rings. The highest BCUT2D eigenvalue weighted by Crippen LogP contribution is 2.24. The van der Waals surface area contributed by atoms with Gasteiger partial charge < -0.3 is 10.1 Å². The fourth-order valence-electron chi connectivity index (χ4n) is 1.36. The second-order valence-electron chi connectivity index (χ2n) is 3.61. The topological polar surface area (TPSA) is 21.3 Å². The van der Waals surface area contributed by atoms with E-state index in [1.54, 1.807) is 0 Å².